The summed E-state index contributed by atoms with van der Waals surface area (Å²) in [7, 11) is 1.46. The standard InChI is InChI=1S/C20H23ClN2O3/c1-5-12(2)14-6-8-15(9-7-14)23-20(25)16-10-17(21)18(22-13(3)24)11-19(16)26-4/h6-12H,5H2,1-4H3,(H,22,24)(H,23,25). The first-order valence-electron chi connectivity index (χ1n) is 8.42. The smallest absolute Gasteiger partial charge is 0.259 e. The highest BCUT2D eigenvalue weighted by Crippen LogP contribution is 2.31. The first-order valence-corrected chi connectivity index (χ1v) is 8.80. The molecule has 2 rings (SSSR count). The van der Waals surface area contributed by atoms with Gasteiger partial charge in [0.05, 0.1) is 23.4 Å². The van der Waals surface area contributed by atoms with E-state index < -0.39 is 0 Å². The van der Waals surface area contributed by atoms with Crippen LogP contribution in [0.25, 0.3) is 0 Å². The summed E-state index contributed by atoms with van der Waals surface area (Å²) in [4.78, 5) is 23.8. The van der Waals surface area contributed by atoms with Crippen LogP contribution in [0.3, 0.4) is 0 Å². The number of carbonyl (C=O) groups is 2. The molecule has 2 N–H and O–H groups in total. The van der Waals surface area contributed by atoms with Crippen molar-refractivity contribution in [3.63, 3.8) is 0 Å². The van der Waals surface area contributed by atoms with Gasteiger partial charge < -0.3 is 15.4 Å². The molecule has 0 saturated heterocycles. The monoisotopic (exact) mass is 374 g/mol. The highest BCUT2D eigenvalue weighted by molar-refractivity contribution is 6.34. The molecule has 6 heteroatoms. The molecule has 0 saturated carbocycles. The van der Waals surface area contributed by atoms with Gasteiger partial charge in [0.25, 0.3) is 5.91 Å². The van der Waals surface area contributed by atoms with Gasteiger partial charge in [-0.25, -0.2) is 0 Å². The largest absolute Gasteiger partial charge is 0.496 e. The van der Waals surface area contributed by atoms with Gasteiger partial charge in [-0.1, -0.05) is 37.6 Å². The van der Waals surface area contributed by atoms with Crippen LogP contribution in [0.2, 0.25) is 5.02 Å². The zero-order chi connectivity index (χ0) is 19.3. The third-order valence-electron chi connectivity index (χ3n) is 4.19. The van der Waals surface area contributed by atoms with Crippen LogP contribution in [-0.4, -0.2) is 18.9 Å². The van der Waals surface area contributed by atoms with Gasteiger partial charge in [0.2, 0.25) is 5.91 Å². The number of methoxy groups -OCH3 is 1. The molecule has 2 aromatic carbocycles. The van der Waals surface area contributed by atoms with Crippen molar-refractivity contribution in [2.45, 2.75) is 33.1 Å². The van der Waals surface area contributed by atoms with Crippen LogP contribution in [0.15, 0.2) is 36.4 Å². The Hall–Kier alpha value is -2.53. The average Bonchev–Trinajstić information content (AvgIpc) is 2.62. The van der Waals surface area contributed by atoms with Gasteiger partial charge >= 0.3 is 0 Å². The summed E-state index contributed by atoms with van der Waals surface area (Å²) in [6.45, 7) is 5.69. The molecule has 2 aromatic rings. The number of hydrogen-bond donors (Lipinski definition) is 2. The number of nitrogens with one attached hydrogen (secondary N) is 2. The van der Waals surface area contributed by atoms with Crippen molar-refractivity contribution >= 4 is 34.8 Å². The van der Waals surface area contributed by atoms with E-state index in [0.29, 0.717) is 23.0 Å². The molecular formula is C20H23ClN2O3. The molecule has 0 radical (unpaired) electrons. The average molecular weight is 375 g/mol. The number of anilines is 2. The minimum absolute atomic E-state index is 0.257. The first kappa shape index (κ1) is 19.8. The minimum Gasteiger partial charge on any atom is -0.496 e. The number of halogens is 1. The second-order valence-corrected chi connectivity index (χ2v) is 6.51. The lowest BCUT2D eigenvalue weighted by Gasteiger charge is -2.14. The highest BCUT2D eigenvalue weighted by atomic mass is 35.5. The van der Waals surface area contributed by atoms with E-state index in [1.54, 1.807) is 0 Å². The van der Waals surface area contributed by atoms with Gasteiger partial charge in [-0.3, -0.25) is 9.59 Å². The Labute approximate surface area is 158 Å². The number of hydrogen-bond acceptors (Lipinski definition) is 3. The normalized spacial score (nSPS) is 11.6. The fourth-order valence-corrected chi connectivity index (χ4v) is 2.73. The second kappa shape index (κ2) is 8.72. The summed E-state index contributed by atoms with van der Waals surface area (Å²) in [5, 5.41) is 5.71. The van der Waals surface area contributed by atoms with Gasteiger partial charge in [-0.2, -0.15) is 0 Å². The van der Waals surface area contributed by atoms with E-state index in [4.69, 9.17) is 16.3 Å². The summed E-state index contributed by atoms with van der Waals surface area (Å²) in [6, 6.07) is 10.8. The van der Waals surface area contributed by atoms with Crippen LogP contribution in [0.5, 0.6) is 5.75 Å². The van der Waals surface area contributed by atoms with Crippen molar-refractivity contribution in [1.29, 1.82) is 0 Å². The van der Waals surface area contributed by atoms with E-state index in [0.717, 1.165) is 6.42 Å². The Morgan fingerprint density at radius 2 is 1.81 bits per heavy atom. The summed E-state index contributed by atoms with van der Waals surface area (Å²) in [5.41, 5.74) is 2.60. The van der Waals surface area contributed by atoms with Gasteiger partial charge in [-0.15, -0.1) is 0 Å². The Bertz CT molecular complexity index is 803. The van der Waals surface area contributed by atoms with Crippen LogP contribution >= 0.6 is 11.6 Å². The summed E-state index contributed by atoms with van der Waals surface area (Å²) >= 11 is 6.17. The first-order chi connectivity index (χ1) is 12.3. The summed E-state index contributed by atoms with van der Waals surface area (Å²) in [5.74, 6) is 0.203. The molecule has 0 spiro atoms. The van der Waals surface area contributed by atoms with E-state index in [-0.39, 0.29) is 22.4 Å². The lowest BCUT2D eigenvalue weighted by molar-refractivity contribution is -0.114. The van der Waals surface area contributed by atoms with E-state index >= 15 is 0 Å². The molecule has 0 aliphatic heterocycles. The fourth-order valence-electron chi connectivity index (χ4n) is 2.51. The maximum atomic E-state index is 12.6. The van der Waals surface area contributed by atoms with E-state index in [1.165, 1.54) is 31.7 Å². The number of carbonyl (C=O) groups excluding carboxylic acids is 2. The van der Waals surface area contributed by atoms with Gasteiger partial charge in [0, 0.05) is 18.7 Å². The number of ether oxygens (including phenoxy) is 1. The number of rotatable bonds is 6. The second-order valence-electron chi connectivity index (χ2n) is 6.10. The Morgan fingerprint density at radius 3 is 2.35 bits per heavy atom. The molecule has 138 valence electrons. The Kier molecular flexibility index (Phi) is 6.64. The van der Waals surface area contributed by atoms with Gasteiger partial charge in [0.1, 0.15) is 5.75 Å². The van der Waals surface area contributed by atoms with Crippen molar-refractivity contribution in [3.8, 4) is 5.75 Å². The molecule has 0 aromatic heterocycles. The minimum atomic E-state index is -0.339. The number of amides is 2. The topological polar surface area (TPSA) is 67.4 Å². The summed E-state index contributed by atoms with van der Waals surface area (Å²) < 4.78 is 5.28. The van der Waals surface area contributed by atoms with Crippen LogP contribution in [0.4, 0.5) is 11.4 Å². The van der Waals surface area contributed by atoms with Crippen molar-refractivity contribution < 1.29 is 14.3 Å². The fraction of sp³-hybridized carbons (Fsp3) is 0.300. The van der Waals surface area contributed by atoms with Crippen molar-refractivity contribution in [2.24, 2.45) is 0 Å². The molecule has 0 aliphatic rings. The van der Waals surface area contributed by atoms with Gasteiger partial charge in [-0.05, 0) is 36.1 Å². The summed E-state index contributed by atoms with van der Waals surface area (Å²) in [6.07, 6.45) is 1.06. The van der Waals surface area contributed by atoms with Crippen LogP contribution < -0.4 is 15.4 Å². The van der Waals surface area contributed by atoms with Crippen molar-refractivity contribution in [1.82, 2.24) is 0 Å². The van der Waals surface area contributed by atoms with Crippen LogP contribution in [0, 0.1) is 0 Å². The Morgan fingerprint density at radius 1 is 1.15 bits per heavy atom. The molecule has 1 unspecified atom stereocenters. The molecule has 2 amide bonds. The quantitative estimate of drug-likeness (QED) is 0.741. The lowest BCUT2D eigenvalue weighted by Crippen LogP contribution is -2.14. The van der Waals surface area contributed by atoms with E-state index in [2.05, 4.69) is 24.5 Å². The molecule has 0 bridgehead atoms. The molecular weight excluding hydrogens is 352 g/mol. The molecule has 0 fully saturated rings. The molecule has 0 aliphatic carbocycles. The predicted molar refractivity (Wildman–Crippen MR) is 105 cm³/mol. The lowest BCUT2D eigenvalue weighted by atomic mass is 9.98. The van der Waals surface area contributed by atoms with E-state index in [9.17, 15) is 9.59 Å². The predicted octanol–water partition coefficient (Wildman–Crippen LogP) is 5.07. The van der Waals surface area contributed by atoms with Crippen molar-refractivity contribution in [3.05, 3.63) is 52.5 Å². The van der Waals surface area contributed by atoms with E-state index in [1.807, 2.05) is 24.3 Å². The Balaban J connectivity index is 2.23. The van der Waals surface area contributed by atoms with Crippen LogP contribution in [-0.2, 0) is 4.79 Å². The molecule has 26 heavy (non-hydrogen) atoms. The molecule has 5 nitrogen and oxygen atoms in total. The highest BCUT2D eigenvalue weighted by Gasteiger charge is 2.17. The molecule has 0 heterocycles. The third kappa shape index (κ3) is 4.76. The zero-order valence-corrected chi connectivity index (χ0v) is 16.1. The zero-order valence-electron chi connectivity index (χ0n) is 15.4. The van der Waals surface area contributed by atoms with Gasteiger partial charge in [0.15, 0.2) is 0 Å². The van der Waals surface area contributed by atoms with Crippen molar-refractivity contribution in [2.75, 3.05) is 17.7 Å². The van der Waals surface area contributed by atoms with Crippen LogP contribution in [0.1, 0.15) is 49.0 Å². The molecule has 1 atom stereocenters. The SMILES string of the molecule is CCC(C)c1ccc(NC(=O)c2cc(Cl)c(NC(C)=O)cc2OC)cc1. The number of benzene rings is 2. The maximum absolute atomic E-state index is 12.6. The third-order valence-corrected chi connectivity index (χ3v) is 4.51. The maximum Gasteiger partial charge on any atom is 0.259 e.